The number of carbonyl (C=O) groups is 2. The third-order valence-electron chi connectivity index (χ3n) is 3.80. The van der Waals surface area contributed by atoms with Crippen LogP contribution in [0.25, 0.3) is 0 Å². The van der Waals surface area contributed by atoms with Gasteiger partial charge in [-0.3, -0.25) is 14.5 Å². The molecule has 0 aromatic heterocycles. The predicted molar refractivity (Wildman–Crippen MR) is 88.8 cm³/mol. The van der Waals surface area contributed by atoms with E-state index in [-0.39, 0.29) is 11.8 Å². The van der Waals surface area contributed by atoms with Gasteiger partial charge in [-0.05, 0) is 42.5 Å². The molecular formula is C17H25N3O2. The largest absolute Gasteiger partial charge is 0.326 e. The molecule has 2 atom stereocenters. The second kappa shape index (κ2) is 7.40. The van der Waals surface area contributed by atoms with E-state index in [1.54, 1.807) is 24.3 Å². The summed E-state index contributed by atoms with van der Waals surface area (Å²) in [4.78, 5) is 25.3. The third-order valence-corrected chi connectivity index (χ3v) is 3.80. The molecule has 1 aromatic carbocycles. The fourth-order valence-electron chi connectivity index (χ4n) is 3.16. The first-order chi connectivity index (χ1) is 10.4. The van der Waals surface area contributed by atoms with Gasteiger partial charge >= 0.3 is 0 Å². The molecule has 5 nitrogen and oxygen atoms in total. The van der Waals surface area contributed by atoms with E-state index in [4.69, 9.17) is 0 Å². The quantitative estimate of drug-likeness (QED) is 0.898. The Kier molecular flexibility index (Phi) is 5.55. The van der Waals surface area contributed by atoms with Crippen LogP contribution >= 0.6 is 0 Å². The van der Waals surface area contributed by atoms with E-state index in [2.05, 4.69) is 29.4 Å². The third kappa shape index (κ3) is 5.15. The summed E-state index contributed by atoms with van der Waals surface area (Å²) in [6.45, 7) is 8.35. The Hall–Kier alpha value is -1.88. The van der Waals surface area contributed by atoms with Crippen LogP contribution in [0.4, 0.5) is 11.4 Å². The molecule has 0 aliphatic carbocycles. The van der Waals surface area contributed by atoms with E-state index < -0.39 is 0 Å². The topological polar surface area (TPSA) is 61.4 Å². The molecule has 0 saturated carbocycles. The van der Waals surface area contributed by atoms with Crippen molar-refractivity contribution in [3.8, 4) is 0 Å². The Labute approximate surface area is 132 Å². The minimum atomic E-state index is -0.106. The highest BCUT2D eigenvalue weighted by Crippen LogP contribution is 2.20. The number of hydrogen-bond donors (Lipinski definition) is 2. The first-order valence-electron chi connectivity index (χ1n) is 7.82. The van der Waals surface area contributed by atoms with Crippen LogP contribution in [0.15, 0.2) is 24.3 Å². The number of anilines is 2. The molecule has 0 bridgehead atoms. The van der Waals surface area contributed by atoms with E-state index >= 15 is 0 Å². The monoisotopic (exact) mass is 303 g/mol. The van der Waals surface area contributed by atoms with Crippen molar-refractivity contribution < 1.29 is 9.59 Å². The number of likely N-dealkylation sites (tertiary alicyclic amines) is 1. The fraction of sp³-hybridized carbons (Fsp3) is 0.529. The number of rotatable bonds is 4. The lowest BCUT2D eigenvalue weighted by Gasteiger charge is -2.34. The van der Waals surface area contributed by atoms with Gasteiger partial charge in [0.15, 0.2) is 0 Å². The number of hydrogen-bond acceptors (Lipinski definition) is 3. The van der Waals surface area contributed by atoms with Crippen LogP contribution in [0.3, 0.4) is 0 Å². The SMILES string of the molecule is CC(=O)Nc1ccc(NC(=O)CN2CC(C)CC(C)C2)cc1. The zero-order valence-electron chi connectivity index (χ0n) is 13.6. The molecule has 120 valence electrons. The average molecular weight is 303 g/mol. The summed E-state index contributed by atoms with van der Waals surface area (Å²) in [5.41, 5.74) is 1.47. The Bertz CT molecular complexity index is 517. The van der Waals surface area contributed by atoms with Crippen LogP contribution in [0.2, 0.25) is 0 Å². The molecular weight excluding hydrogens is 278 g/mol. The zero-order valence-corrected chi connectivity index (χ0v) is 13.6. The highest BCUT2D eigenvalue weighted by molar-refractivity contribution is 5.93. The molecule has 2 amide bonds. The molecule has 22 heavy (non-hydrogen) atoms. The van der Waals surface area contributed by atoms with Gasteiger partial charge in [-0.1, -0.05) is 13.8 Å². The minimum absolute atomic E-state index is 0.00794. The second-order valence-corrected chi connectivity index (χ2v) is 6.45. The van der Waals surface area contributed by atoms with Crippen LogP contribution in [-0.4, -0.2) is 36.3 Å². The Morgan fingerprint density at radius 1 is 1.05 bits per heavy atom. The number of nitrogens with zero attached hydrogens (tertiary/aromatic N) is 1. The lowest BCUT2D eigenvalue weighted by Crippen LogP contribution is -2.42. The number of piperidine rings is 1. The van der Waals surface area contributed by atoms with E-state index in [0.29, 0.717) is 18.4 Å². The Morgan fingerprint density at radius 3 is 2.05 bits per heavy atom. The van der Waals surface area contributed by atoms with Crippen LogP contribution in [0.1, 0.15) is 27.2 Å². The summed E-state index contributed by atoms with van der Waals surface area (Å²) in [6, 6.07) is 7.15. The fourth-order valence-corrected chi connectivity index (χ4v) is 3.16. The van der Waals surface area contributed by atoms with Gasteiger partial charge in [-0.25, -0.2) is 0 Å². The van der Waals surface area contributed by atoms with Gasteiger partial charge in [0, 0.05) is 31.4 Å². The molecule has 1 saturated heterocycles. The lowest BCUT2D eigenvalue weighted by atomic mass is 9.92. The molecule has 0 spiro atoms. The van der Waals surface area contributed by atoms with Crippen LogP contribution in [0.5, 0.6) is 0 Å². The van der Waals surface area contributed by atoms with E-state index in [1.807, 2.05) is 0 Å². The standard InChI is InChI=1S/C17H25N3O2/c1-12-8-13(2)10-20(9-12)11-17(22)19-16-6-4-15(5-7-16)18-14(3)21/h4-7,12-13H,8-11H2,1-3H3,(H,18,21)(H,19,22). The Balaban J connectivity index is 1.85. The van der Waals surface area contributed by atoms with Crippen LogP contribution < -0.4 is 10.6 Å². The van der Waals surface area contributed by atoms with Gasteiger partial charge in [0.2, 0.25) is 11.8 Å². The van der Waals surface area contributed by atoms with E-state index in [1.165, 1.54) is 13.3 Å². The summed E-state index contributed by atoms with van der Waals surface area (Å²) in [5, 5.41) is 5.61. The van der Waals surface area contributed by atoms with Crippen molar-refractivity contribution in [3.05, 3.63) is 24.3 Å². The second-order valence-electron chi connectivity index (χ2n) is 6.45. The van der Waals surface area contributed by atoms with Gasteiger partial charge < -0.3 is 10.6 Å². The number of amides is 2. The van der Waals surface area contributed by atoms with Gasteiger partial charge in [-0.2, -0.15) is 0 Å². The normalized spacial score (nSPS) is 22.1. The molecule has 5 heteroatoms. The van der Waals surface area contributed by atoms with Crippen molar-refractivity contribution in [3.63, 3.8) is 0 Å². The molecule has 1 heterocycles. The van der Waals surface area contributed by atoms with Gasteiger partial charge in [0.1, 0.15) is 0 Å². The van der Waals surface area contributed by atoms with Crippen LogP contribution in [-0.2, 0) is 9.59 Å². The van der Waals surface area contributed by atoms with Gasteiger partial charge in [0.25, 0.3) is 0 Å². The molecule has 0 radical (unpaired) electrons. The summed E-state index contributed by atoms with van der Waals surface area (Å²) in [6.07, 6.45) is 1.24. The van der Waals surface area contributed by atoms with Crippen molar-refractivity contribution in [1.82, 2.24) is 4.90 Å². The lowest BCUT2D eigenvalue weighted by molar-refractivity contribution is -0.118. The molecule has 2 N–H and O–H groups in total. The van der Waals surface area contributed by atoms with Crippen molar-refractivity contribution in [2.75, 3.05) is 30.3 Å². The maximum absolute atomic E-state index is 12.1. The molecule has 1 fully saturated rings. The number of nitrogens with one attached hydrogen (secondary N) is 2. The van der Waals surface area contributed by atoms with E-state index in [0.717, 1.165) is 24.5 Å². The zero-order chi connectivity index (χ0) is 16.1. The number of benzene rings is 1. The van der Waals surface area contributed by atoms with Crippen molar-refractivity contribution in [2.45, 2.75) is 27.2 Å². The summed E-state index contributed by atoms with van der Waals surface area (Å²) < 4.78 is 0. The van der Waals surface area contributed by atoms with E-state index in [9.17, 15) is 9.59 Å². The molecule has 1 aromatic rings. The first kappa shape index (κ1) is 16.5. The molecule has 1 aliphatic heterocycles. The van der Waals surface area contributed by atoms with Gasteiger partial charge in [0.05, 0.1) is 6.54 Å². The summed E-state index contributed by atoms with van der Waals surface area (Å²) in [5.74, 6) is 1.20. The predicted octanol–water partition coefficient (Wildman–Crippen LogP) is 2.56. The maximum Gasteiger partial charge on any atom is 0.238 e. The molecule has 2 unspecified atom stereocenters. The summed E-state index contributed by atoms with van der Waals surface area (Å²) >= 11 is 0. The maximum atomic E-state index is 12.1. The highest BCUT2D eigenvalue weighted by atomic mass is 16.2. The molecule has 2 rings (SSSR count). The average Bonchev–Trinajstić information content (AvgIpc) is 2.39. The van der Waals surface area contributed by atoms with Crippen molar-refractivity contribution >= 4 is 23.2 Å². The smallest absolute Gasteiger partial charge is 0.238 e. The molecule has 1 aliphatic rings. The highest BCUT2D eigenvalue weighted by Gasteiger charge is 2.23. The van der Waals surface area contributed by atoms with Crippen LogP contribution in [0, 0.1) is 11.8 Å². The first-order valence-corrected chi connectivity index (χ1v) is 7.82. The minimum Gasteiger partial charge on any atom is -0.326 e. The number of carbonyl (C=O) groups excluding carboxylic acids is 2. The van der Waals surface area contributed by atoms with Crippen molar-refractivity contribution in [1.29, 1.82) is 0 Å². The van der Waals surface area contributed by atoms with Crippen molar-refractivity contribution in [2.24, 2.45) is 11.8 Å². The Morgan fingerprint density at radius 2 is 1.55 bits per heavy atom. The summed E-state index contributed by atoms with van der Waals surface area (Å²) in [7, 11) is 0. The van der Waals surface area contributed by atoms with Gasteiger partial charge in [-0.15, -0.1) is 0 Å².